The molecule has 2 aromatic rings. The highest BCUT2D eigenvalue weighted by Crippen LogP contribution is 2.16. The highest BCUT2D eigenvalue weighted by atomic mass is 35.5. The second-order valence-corrected chi connectivity index (χ2v) is 7.33. The Kier molecular flexibility index (Phi) is 8.52. The summed E-state index contributed by atoms with van der Waals surface area (Å²) in [4.78, 5) is 27.0. The topological polar surface area (TPSA) is 49.4 Å². The highest BCUT2D eigenvalue weighted by molar-refractivity contribution is 6.30. The number of rotatable bonds is 9. The molecule has 0 radical (unpaired) electrons. The molecule has 2 amide bonds. The average Bonchev–Trinajstić information content (AvgIpc) is 2.70. The first-order valence-electron chi connectivity index (χ1n) is 9.84. The largest absolute Gasteiger partial charge is 0.355 e. The number of amides is 2. The third-order valence-corrected chi connectivity index (χ3v) is 5.05. The number of carbonyl (C=O) groups is 2. The number of halogens is 1. The van der Waals surface area contributed by atoms with Crippen LogP contribution < -0.4 is 5.32 Å². The van der Waals surface area contributed by atoms with Gasteiger partial charge in [-0.2, -0.15) is 0 Å². The van der Waals surface area contributed by atoms with Crippen LogP contribution in [-0.2, 0) is 29.0 Å². The van der Waals surface area contributed by atoms with E-state index in [0.29, 0.717) is 31.0 Å². The summed E-state index contributed by atoms with van der Waals surface area (Å²) in [5.74, 6) is -0.191. The van der Waals surface area contributed by atoms with Crippen LogP contribution in [-0.4, -0.2) is 29.3 Å². The molecule has 0 unspecified atom stereocenters. The third kappa shape index (κ3) is 6.38. The van der Waals surface area contributed by atoms with Gasteiger partial charge in [0.2, 0.25) is 11.8 Å². The monoisotopic (exact) mass is 400 g/mol. The van der Waals surface area contributed by atoms with Gasteiger partial charge in [-0.05, 0) is 55.5 Å². The molecular formula is C23H29ClN2O2. The van der Waals surface area contributed by atoms with Crippen molar-refractivity contribution in [1.82, 2.24) is 10.2 Å². The van der Waals surface area contributed by atoms with Gasteiger partial charge >= 0.3 is 0 Å². The van der Waals surface area contributed by atoms with Crippen molar-refractivity contribution in [1.29, 1.82) is 0 Å². The number of nitrogens with one attached hydrogen (secondary N) is 1. The van der Waals surface area contributed by atoms with Crippen LogP contribution >= 0.6 is 11.6 Å². The zero-order chi connectivity index (χ0) is 20.5. The fraction of sp³-hybridized carbons (Fsp3) is 0.391. The molecule has 0 aromatic heterocycles. The summed E-state index contributed by atoms with van der Waals surface area (Å²) in [7, 11) is 0. The van der Waals surface area contributed by atoms with E-state index in [1.54, 1.807) is 17.9 Å². The summed E-state index contributed by atoms with van der Waals surface area (Å²) in [5, 5.41) is 3.42. The lowest BCUT2D eigenvalue weighted by molar-refractivity contribution is -0.140. The van der Waals surface area contributed by atoms with E-state index in [-0.39, 0.29) is 11.8 Å². The van der Waals surface area contributed by atoms with Crippen LogP contribution in [0.25, 0.3) is 0 Å². The van der Waals surface area contributed by atoms with Crippen LogP contribution in [0.15, 0.2) is 48.5 Å². The quantitative estimate of drug-likeness (QED) is 0.678. The van der Waals surface area contributed by atoms with Gasteiger partial charge in [0.15, 0.2) is 0 Å². The van der Waals surface area contributed by atoms with Crippen LogP contribution in [0.3, 0.4) is 0 Å². The molecule has 0 aliphatic heterocycles. The van der Waals surface area contributed by atoms with E-state index in [0.717, 1.165) is 17.5 Å². The van der Waals surface area contributed by atoms with Crippen LogP contribution in [0, 0.1) is 0 Å². The molecule has 1 N–H and O–H groups in total. The molecule has 28 heavy (non-hydrogen) atoms. The van der Waals surface area contributed by atoms with Gasteiger partial charge in [0, 0.05) is 24.5 Å². The lowest BCUT2D eigenvalue weighted by Gasteiger charge is -2.29. The molecule has 0 aliphatic carbocycles. The summed E-state index contributed by atoms with van der Waals surface area (Å²) >= 11 is 6.08. The molecule has 0 saturated carbocycles. The first-order valence-corrected chi connectivity index (χ1v) is 10.2. The Hall–Kier alpha value is -2.33. The molecule has 0 fully saturated rings. The summed E-state index contributed by atoms with van der Waals surface area (Å²) in [6.07, 6.45) is 2.00. The summed E-state index contributed by atoms with van der Waals surface area (Å²) in [6.45, 7) is 6.64. The molecule has 0 aliphatic rings. The number of likely N-dealkylation sites (N-methyl/N-ethyl adjacent to an activating group) is 1. The SMILES string of the molecule is CCNC(=O)[C@H](C)N(Cc1cccc(Cl)c1)C(=O)CCc1ccc(CC)cc1. The lowest BCUT2D eigenvalue weighted by atomic mass is 10.0. The van der Waals surface area contributed by atoms with Crippen molar-refractivity contribution in [3.8, 4) is 0 Å². The van der Waals surface area contributed by atoms with Gasteiger partial charge in [-0.15, -0.1) is 0 Å². The van der Waals surface area contributed by atoms with Gasteiger partial charge in [-0.3, -0.25) is 9.59 Å². The molecule has 150 valence electrons. The van der Waals surface area contributed by atoms with E-state index in [1.807, 2.05) is 25.1 Å². The minimum Gasteiger partial charge on any atom is -0.355 e. The summed E-state index contributed by atoms with van der Waals surface area (Å²) < 4.78 is 0. The standard InChI is InChI=1S/C23H29ClN2O2/c1-4-18-9-11-19(12-10-18)13-14-22(27)26(17(3)23(28)25-5-2)16-20-7-6-8-21(24)15-20/h6-12,15,17H,4-5,13-14,16H2,1-3H3,(H,25,28)/t17-/m0/s1. The number of carbonyl (C=O) groups excluding carboxylic acids is 2. The maximum absolute atomic E-state index is 13.0. The Morgan fingerprint density at radius 1 is 1.04 bits per heavy atom. The smallest absolute Gasteiger partial charge is 0.242 e. The second-order valence-electron chi connectivity index (χ2n) is 6.89. The van der Waals surface area contributed by atoms with Gasteiger partial charge in [0.25, 0.3) is 0 Å². The van der Waals surface area contributed by atoms with Crippen molar-refractivity contribution < 1.29 is 9.59 Å². The van der Waals surface area contributed by atoms with Crippen molar-refractivity contribution in [2.45, 2.75) is 52.6 Å². The highest BCUT2D eigenvalue weighted by Gasteiger charge is 2.25. The maximum atomic E-state index is 13.0. The minimum atomic E-state index is -0.547. The third-order valence-electron chi connectivity index (χ3n) is 4.82. The van der Waals surface area contributed by atoms with E-state index in [4.69, 9.17) is 11.6 Å². The zero-order valence-electron chi connectivity index (χ0n) is 16.9. The van der Waals surface area contributed by atoms with Gasteiger partial charge in [-0.25, -0.2) is 0 Å². The van der Waals surface area contributed by atoms with Crippen molar-refractivity contribution >= 4 is 23.4 Å². The number of hydrogen-bond donors (Lipinski definition) is 1. The molecule has 4 nitrogen and oxygen atoms in total. The molecule has 1 atom stereocenters. The first kappa shape index (κ1) is 22.0. The predicted molar refractivity (Wildman–Crippen MR) is 114 cm³/mol. The van der Waals surface area contributed by atoms with Crippen LogP contribution in [0.5, 0.6) is 0 Å². The van der Waals surface area contributed by atoms with Crippen molar-refractivity contribution in [2.24, 2.45) is 0 Å². The Labute approximate surface area is 172 Å². The summed E-state index contributed by atoms with van der Waals surface area (Å²) in [6, 6.07) is 15.2. The predicted octanol–water partition coefficient (Wildman–Crippen LogP) is 4.39. The molecule has 5 heteroatoms. The molecule has 0 heterocycles. The number of nitrogens with zero attached hydrogens (tertiary/aromatic N) is 1. The van der Waals surface area contributed by atoms with Crippen LogP contribution in [0.1, 0.15) is 43.9 Å². The fourth-order valence-electron chi connectivity index (χ4n) is 3.07. The zero-order valence-corrected chi connectivity index (χ0v) is 17.6. The summed E-state index contributed by atoms with van der Waals surface area (Å²) in [5.41, 5.74) is 3.31. The number of benzene rings is 2. The van der Waals surface area contributed by atoms with Gasteiger partial charge in [0.1, 0.15) is 6.04 Å². The molecule has 2 aromatic carbocycles. The van der Waals surface area contributed by atoms with Crippen molar-refractivity contribution in [2.75, 3.05) is 6.54 Å². The molecule has 0 bridgehead atoms. The Morgan fingerprint density at radius 3 is 2.32 bits per heavy atom. The minimum absolute atomic E-state index is 0.0432. The molecular weight excluding hydrogens is 372 g/mol. The van der Waals surface area contributed by atoms with E-state index >= 15 is 0 Å². The van der Waals surface area contributed by atoms with E-state index < -0.39 is 6.04 Å². The van der Waals surface area contributed by atoms with Gasteiger partial charge in [-0.1, -0.05) is 54.9 Å². The lowest BCUT2D eigenvalue weighted by Crippen LogP contribution is -2.47. The molecule has 2 rings (SSSR count). The molecule has 0 spiro atoms. The van der Waals surface area contributed by atoms with Gasteiger partial charge in [0.05, 0.1) is 0 Å². The number of hydrogen-bond acceptors (Lipinski definition) is 2. The van der Waals surface area contributed by atoms with E-state index in [2.05, 4.69) is 36.5 Å². The van der Waals surface area contributed by atoms with E-state index in [9.17, 15) is 9.59 Å². The average molecular weight is 401 g/mol. The normalized spacial score (nSPS) is 11.7. The second kappa shape index (κ2) is 10.9. The number of aryl methyl sites for hydroxylation is 2. The van der Waals surface area contributed by atoms with E-state index in [1.165, 1.54) is 5.56 Å². The maximum Gasteiger partial charge on any atom is 0.242 e. The van der Waals surface area contributed by atoms with Gasteiger partial charge < -0.3 is 10.2 Å². The first-order chi connectivity index (χ1) is 13.4. The Bertz CT molecular complexity index is 789. The molecule has 0 saturated heterocycles. The Balaban J connectivity index is 2.11. The van der Waals surface area contributed by atoms with Crippen molar-refractivity contribution in [3.05, 3.63) is 70.2 Å². The van der Waals surface area contributed by atoms with Crippen LogP contribution in [0.4, 0.5) is 0 Å². The Morgan fingerprint density at radius 2 is 1.71 bits per heavy atom. The fourth-order valence-corrected chi connectivity index (χ4v) is 3.29. The van der Waals surface area contributed by atoms with Crippen LogP contribution in [0.2, 0.25) is 5.02 Å². The van der Waals surface area contributed by atoms with Crippen molar-refractivity contribution in [3.63, 3.8) is 0 Å².